The highest BCUT2D eigenvalue weighted by Gasteiger charge is 2.28. The molecule has 0 aromatic heterocycles. The van der Waals surface area contributed by atoms with Gasteiger partial charge in [-0.1, -0.05) is 45.0 Å². The highest BCUT2D eigenvalue weighted by Crippen LogP contribution is 2.36. The first-order chi connectivity index (χ1) is 11.2. The number of hydrogen-bond acceptors (Lipinski definition) is 2. The van der Waals surface area contributed by atoms with Crippen LogP contribution in [0.25, 0.3) is 11.1 Å². The molecular weight excluding hydrogens is 293 g/mol. The van der Waals surface area contributed by atoms with Crippen molar-refractivity contribution in [3.8, 4) is 17.2 Å². The molecule has 3 heteroatoms. The Morgan fingerprint density at radius 2 is 1.79 bits per heavy atom. The molecule has 0 saturated carbocycles. The molecule has 2 radical (unpaired) electrons. The molecule has 2 aromatic rings. The molecule has 0 heterocycles. The molecule has 0 spiro atoms. The summed E-state index contributed by atoms with van der Waals surface area (Å²) in [5.41, 5.74) is 4.56. The average Bonchev–Trinajstić information content (AvgIpc) is 2.56. The van der Waals surface area contributed by atoms with E-state index >= 15 is 0 Å². The topological polar surface area (TPSA) is 44.0 Å². The zero-order valence-corrected chi connectivity index (χ0v) is 15.1. The van der Waals surface area contributed by atoms with Crippen molar-refractivity contribution in [3.05, 3.63) is 58.1 Å². The number of benzene rings is 2. The minimum absolute atomic E-state index is 0.345. The summed E-state index contributed by atoms with van der Waals surface area (Å²) in [6.07, 6.45) is 0.345. The minimum Gasteiger partial charge on any atom is -0.395 e. The standard InChI is InChI=1S/C21H24BNO/c1-6-21(22,24)20-15(5)18(11-14(4)19(20)12-23)17-9-7-16(8-10-17)13(2)3/h7-11,13,24H,6H2,1-5H3. The summed E-state index contributed by atoms with van der Waals surface area (Å²) in [5, 5.41) is 20.2. The maximum absolute atomic E-state index is 10.6. The van der Waals surface area contributed by atoms with E-state index in [9.17, 15) is 10.4 Å². The summed E-state index contributed by atoms with van der Waals surface area (Å²) in [4.78, 5) is 0. The van der Waals surface area contributed by atoms with E-state index in [1.54, 1.807) is 0 Å². The van der Waals surface area contributed by atoms with Crippen LogP contribution in [0.1, 0.15) is 60.9 Å². The first-order valence-corrected chi connectivity index (χ1v) is 8.39. The van der Waals surface area contributed by atoms with Crippen LogP contribution in [0.15, 0.2) is 30.3 Å². The van der Waals surface area contributed by atoms with Gasteiger partial charge in [0.25, 0.3) is 0 Å². The van der Waals surface area contributed by atoms with E-state index in [-0.39, 0.29) is 0 Å². The van der Waals surface area contributed by atoms with Crippen LogP contribution in [0, 0.1) is 25.2 Å². The van der Waals surface area contributed by atoms with E-state index in [2.05, 4.69) is 44.2 Å². The second-order valence-electron chi connectivity index (χ2n) is 6.78. The van der Waals surface area contributed by atoms with E-state index in [0.29, 0.717) is 23.5 Å². The number of aryl methyl sites for hydroxylation is 1. The average molecular weight is 317 g/mol. The lowest BCUT2D eigenvalue weighted by molar-refractivity contribution is 0.122. The number of nitriles is 1. The summed E-state index contributed by atoms with van der Waals surface area (Å²) < 4.78 is 0. The highest BCUT2D eigenvalue weighted by molar-refractivity contribution is 6.15. The Hall–Kier alpha value is -2.05. The molecule has 0 amide bonds. The maximum atomic E-state index is 10.6. The number of rotatable bonds is 4. The third-order valence-electron chi connectivity index (χ3n) is 4.76. The second kappa shape index (κ2) is 6.83. The Bertz CT molecular complexity index is 783. The third kappa shape index (κ3) is 3.25. The lowest BCUT2D eigenvalue weighted by atomic mass is 9.69. The molecule has 0 fully saturated rings. The van der Waals surface area contributed by atoms with Crippen molar-refractivity contribution < 1.29 is 5.11 Å². The largest absolute Gasteiger partial charge is 0.395 e. The van der Waals surface area contributed by atoms with Gasteiger partial charge in [0.2, 0.25) is 0 Å². The molecule has 2 aromatic carbocycles. The van der Waals surface area contributed by atoms with Gasteiger partial charge in [-0.05, 0) is 65.6 Å². The van der Waals surface area contributed by atoms with E-state index < -0.39 is 5.50 Å². The van der Waals surface area contributed by atoms with Gasteiger partial charge >= 0.3 is 0 Å². The fourth-order valence-electron chi connectivity index (χ4n) is 3.13. The fourth-order valence-corrected chi connectivity index (χ4v) is 3.13. The minimum atomic E-state index is -1.51. The molecule has 0 saturated heterocycles. The first-order valence-electron chi connectivity index (χ1n) is 8.39. The van der Waals surface area contributed by atoms with Crippen LogP contribution in [-0.2, 0) is 5.50 Å². The Kier molecular flexibility index (Phi) is 5.21. The van der Waals surface area contributed by atoms with Crippen LogP contribution < -0.4 is 0 Å². The molecule has 24 heavy (non-hydrogen) atoms. The van der Waals surface area contributed by atoms with E-state index in [0.717, 1.165) is 22.3 Å². The van der Waals surface area contributed by atoms with Crippen LogP contribution in [-0.4, -0.2) is 13.0 Å². The summed E-state index contributed by atoms with van der Waals surface area (Å²) in [7, 11) is 6.10. The predicted octanol–water partition coefficient (Wildman–Crippen LogP) is 4.69. The van der Waals surface area contributed by atoms with Crippen molar-refractivity contribution in [1.82, 2.24) is 0 Å². The van der Waals surface area contributed by atoms with Gasteiger partial charge in [-0.3, -0.25) is 0 Å². The fraction of sp³-hybridized carbons (Fsp3) is 0.381. The smallest absolute Gasteiger partial charge is 0.120 e. The maximum Gasteiger partial charge on any atom is 0.120 e. The molecule has 2 nitrogen and oxygen atoms in total. The van der Waals surface area contributed by atoms with Crippen LogP contribution in [0.2, 0.25) is 0 Å². The van der Waals surface area contributed by atoms with Gasteiger partial charge in [0.05, 0.1) is 11.6 Å². The van der Waals surface area contributed by atoms with Crippen LogP contribution in [0.3, 0.4) is 0 Å². The van der Waals surface area contributed by atoms with Gasteiger partial charge < -0.3 is 5.11 Å². The zero-order valence-electron chi connectivity index (χ0n) is 15.1. The van der Waals surface area contributed by atoms with Gasteiger partial charge in [0.1, 0.15) is 7.85 Å². The summed E-state index contributed by atoms with van der Waals surface area (Å²) in [6, 6.07) is 12.7. The molecular formula is C21H24BNO. The number of hydrogen-bond donors (Lipinski definition) is 1. The van der Waals surface area contributed by atoms with Gasteiger partial charge in [0.15, 0.2) is 0 Å². The van der Waals surface area contributed by atoms with Crippen LogP contribution >= 0.6 is 0 Å². The van der Waals surface area contributed by atoms with Gasteiger partial charge in [-0.25, -0.2) is 0 Å². The van der Waals surface area contributed by atoms with Crippen molar-refractivity contribution in [2.75, 3.05) is 0 Å². The summed E-state index contributed by atoms with van der Waals surface area (Å²) in [6.45, 7) is 9.97. The molecule has 0 aliphatic heterocycles. The van der Waals surface area contributed by atoms with Crippen molar-refractivity contribution in [2.24, 2.45) is 0 Å². The summed E-state index contributed by atoms with van der Waals surface area (Å²) >= 11 is 0. The second-order valence-corrected chi connectivity index (χ2v) is 6.78. The molecule has 1 N–H and O–H groups in total. The molecule has 2 rings (SSSR count). The van der Waals surface area contributed by atoms with Crippen LogP contribution in [0.5, 0.6) is 0 Å². The van der Waals surface area contributed by atoms with Crippen molar-refractivity contribution in [1.29, 1.82) is 5.26 Å². The lowest BCUT2D eigenvalue weighted by Gasteiger charge is -2.28. The number of nitrogens with zero attached hydrogens (tertiary/aromatic N) is 1. The quantitative estimate of drug-likeness (QED) is 0.831. The van der Waals surface area contributed by atoms with Crippen molar-refractivity contribution >= 4 is 7.85 Å². The monoisotopic (exact) mass is 317 g/mol. The molecule has 0 bridgehead atoms. The molecule has 0 aliphatic carbocycles. The van der Waals surface area contributed by atoms with Gasteiger partial charge in [-0.2, -0.15) is 5.26 Å². The molecule has 1 unspecified atom stereocenters. The van der Waals surface area contributed by atoms with Crippen molar-refractivity contribution in [3.63, 3.8) is 0 Å². The zero-order chi connectivity index (χ0) is 18.1. The van der Waals surface area contributed by atoms with Crippen molar-refractivity contribution in [2.45, 2.75) is 52.5 Å². The van der Waals surface area contributed by atoms with E-state index in [1.165, 1.54) is 5.56 Å². The lowest BCUT2D eigenvalue weighted by Crippen LogP contribution is -2.28. The Morgan fingerprint density at radius 3 is 2.25 bits per heavy atom. The van der Waals surface area contributed by atoms with E-state index in [1.807, 2.05) is 26.8 Å². The highest BCUT2D eigenvalue weighted by atomic mass is 16.3. The number of aliphatic hydroxyl groups is 1. The van der Waals surface area contributed by atoms with E-state index in [4.69, 9.17) is 7.85 Å². The molecule has 1 atom stereocenters. The van der Waals surface area contributed by atoms with Gasteiger partial charge in [-0.15, -0.1) is 0 Å². The Balaban J connectivity index is 2.71. The predicted molar refractivity (Wildman–Crippen MR) is 100 cm³/mol. The Morgan fingerprint density at radius 1 is 1.21 bits per heavy atom. The summed E-state index contributed by atoms with van der Waals surface area (Å²) in [5.74, 6) is 0.479. The molecule has 122 valence electrons. The first kappa shape index (κ1) is 18.3. The van der Waals surface area contributed by atoms with Gasteiger partial charge in [0, 0.05) is 5.50 Å². The SMILES string of the molecule is [B]C(O)(CC)c1c(C)c(-c2ccc(C(C)C)cc2)cc(C)c1C#N. The third-order valence-corrected chi connectivity index (χ3v) is 4.76. The Labute approximate surface area is 146 Å². The molecule has 0 aliphatic rings. The van der Waals surface area contributed by atoms with Crippen LogP contribution in [0.4, 0.5) is 0 Å². The normalized spacial score (nSPS) is 13.6.